The van der Waals surface area contributed by atoms with Crippen molar-refractivity contribution in [3.8, 4) is 6.01 Å². The Balaban J connectivity index is 2.02. The minimum absolute atomic E-state index is 0.138. The van der Waals surface area contributed by atoms with Crippen molar-refractivity contribution in [1.29, 1.82) is 0 Å². The van der Waals surface area contributed by atoms with Crippen LogP contribution in [-0.2, 0) is 0 Å². The SMILES string of the molecule is COc1nc(Cl)nc(NCC2C(C)(C)C2(C)C)n1. The molecule has 0 amide bonds. The average molecular weight is 271 g/mol. The third-order valence-corrected chi connectivity index (χ3v) is 4.72. The summed E-state index contributed by atoms with van der Waals surface area (Å²) in [6.07, 6.45) is 0. The number of hydrogen-bond acceptors (Lipinski definition) is 5. The topological polar surface area (TPSA) is 59.9 Å². The summed E-state index contributed by atoms with van der Waals surface area (Å²) in [5, 5.41) is 3.34. The number of nitrogens with zero attached hydrogens (tertiary/aromatic N) is 3. The highest BCUT2D eigenvalue weighted by atomic mass is 35.5. The van der Waals surface area contributed by atoms with Gasteiger partial charge in [0.15, 0.2) is 0 Å². The first-order valence-corrected chi connectivity index (χ1v) is 6.36. The molecule has 0 unspecified atom stereocenters. The summed E-state index contributed by atoms with van der Waals surface area (Å²) in [6.45, 7) is 9.94. The zero-order valence-corrected chi connectivity index (χ0v) is 12.2. The highest BCUT2D eigenvalue weighted by molar-refractivity contribution is 6.28. The Kier molecular flexibility index (Phi) is 3.13. The van der Waals surface area contributed by atoms with E-state index in [-0.39, 0.29) is 11.3 Å². The summed E-state index contributed by atoms with van der Waals surface area (Å²) >= 11 is 5.79. The molecule has 0 atom stereocenters. The molecule has 5 nitrogen and oxygen atoms in total. The molecule has 0 radical (unpaired) electrons. The molecular weight excluding hydrogens is 252 g/mol. The molecule has 0 saturated heterocycles. The van der Waals surface area contributed by atoms with Crippen molar-refractivity contribution in [2.45, 2.75) is 27.7 Å². The highest BCUT2D eigenvalue weighted by Gasteiger charge is 2.64. The molecule has 1 aromatic heterocycles. The second-order valence-corrected chi connectivity index (χ2v) is 6.13. The maximum absolute atomic E-state index is 5.79. The first-order chi connectivity index (χ1) is 8.29. The lowest BCUT2D eigenvalue weighted by molar-refractivity contribution is 0.378. The van der Waals surface area contributed by atoms with Crippen molar-refractivity contribution in [1.82, 2.24) is 15.0 Å². The minimum atomic E-state index is 0.138. The van der Waals surface area contributed by atoms with Crippen molar-refractivity contribution >= 4 is 17.5 Å². The third kappa shape index (κ3) is 2.11. The molecule has 1 aliphatic rings. The zero-order chi connectivity index (χ0) is 13.6. The molecule has 0 aliphatic heterocycles. The van der Waals surface area contributed by atoms with Crippen molar-refractivity contribution in [3.05, 3.63) is 5.28 Å². The van der Waals surface area contributed by atoms with Crippen LogP contribution in [0.3, 0.4) is 0 Å². The van der Waals surface area contributed by atoms with Gasteiger partial charge in [-0.25, -0.2) is 0 Å². The molecule has 1 saturated carbocycles. The Morgan fingerprint density at radius 1 is 1.17 bits per heavy atom. The summed E-state index contributed by atoms with van der Waals surface area (Å²) in [5.41, 5.74) is 0.668. The summed E-state index contributed by atoms with van der Waals surface area (Å²) in [7, 11) is 1.50. The average Bonchev–Trinajstić information content (AvgIpc) is 2.66. The van der Waals surface area contributed by atoms with Crippen molar-refractivity contribution in [3.63, 3.8) is 0 Å². The largest absolute Gasteiger partial charge is 0.467 e. The van der Waals surface area contributed by atoms with Gasteiger partial charge in [-0.2, -0.15) is 15.0 Å². The molecule has 1 aromatic rings. The monoisotopic (exact) mass is 270 g/mol. The zero-order valence-electron chi connectivity index (χ0n) is 11.4. The quantitative estimate of drug-likeness (QED) is 0.911. The molecule has 1 heterocycles. The van der Waals surface area contributed by atoms with Gasteiger partial charge in [0, 0.05) is 6.54 Å². The summed E-state index contributed by atoms with van der Waals surface area (Å²) < 4.78 is 4.95. The fraction of sp³-hybridized carbons (Fsp3) is 0.750. The normalized spacial score (nSPS) is 20.6. The Labute approximate surface area is 112 Å². The van der Waals surface area contributed by atoms with Crippen LogP contribution in [0.1, 0.15) is 27.7 Å². The molecular formula is C12H19ClN4O. The molecule has 6 heteroatoms. The van der Waals surface area contributed by atoms with E-state index in [2.05, 4.69) is 48.0 Å². The summed E-state index contributed by atoms with van der Waals surface area (Å²) in [4.78, 5) is 12.0. The molecule has 1 fully saturated rings. The Morgan fingerprint density at radius 3 is 2.28 bits per heavy atom. The van der Waals surface area contributed by atoms with Crippen LogP contribution in [0.5, 0.6) is 6.01 Å². The molecule has 0 bridgehead atoms. The molecule has 18 heavy (non-hydrogen) atoms. The second kappa shape index (κ2) is 4.23. The van der Waals surface area contributed by atoms with E-state index in [9.17, 15) is 0 Å². The molecule has 2 rings (SSSR count). The number of aromatic nitrogens is 3. The lowest BCUT2D eigenvalue weighted by atomic mass is 10.0. The fourth-order valence-electron chi connectivity index (χ4n) is 2.54. The van der Waals surface area contributed by atoms with Crippen LogP contribution in [0.15, 0.2) is 0 Å². The summed E-state index contributed by atoms with van der Waals surface area (Å²) in [5.74, 6) is 1.05. The van der Waals surface area contributed by atoms with Crippen LogP contribution < -0.4 is 10.1 Å². The van der Waals surface area contributed by atoms with E-state index < -0.39 is 0 Å². The van der Waals surface area contributed by atoms with Crippen molar-refractivity contribution in [2.24, 2.45) is 16.7 Å². The van der Waals surface area contributed by atoms with Gasteiger partial charge in [-0.15, -0.1) is 0 Å². The Morgan fingerprint density at radius 2 is 1.78 bits per heavy atom. The number of nitrogens with one attached hydrogen (secondary N) is 1. The van der Waals surface area contributed by atoms with Crippen LogP contribution in [0, 0.1) is 16.7 Å². The number of methoxy groups -OCH3 is 1. The van der Waals surface area contributed by atoms with Crippen LogP contribution in [0.2, 0.25) is 5.28 Å². The predicted molar refractivity (Wildman–Crippen MR) is 70.9 cm³/mol. The van der Waals surface area contributed by atoms with Gasteiger partial charge in [0.25, 0.3) is 0 Å². The number of halogens is 1. The second-order valence-electron chi connectivity index (χ2n) is 5.79. The fourth-order valence-corrected chi connectivity index (χ4v) is 2.69. The molecule has 0 aromatic carbocycles. The van der Waals surface area contributed by atoms with Gasteiger partial charge in [0.2, 0.25) is 11.2 Å². The van der Waals surface area contributed by atoms with Gasteiger partial charge in [-0.1, -0.05) is 27.7 Å². The molecule has 100 valence electrons. The molecule has 0 spiro atoms. The van der Waals surface area contributed by atoms with Crippen LogP contribution in [0.25, 0.3) is 0 Å². The minimum Gasteiger partial charge on any atom is -0.467 e. The van der Waals surface area contributed by atoms with Crippen molar-refractivity contribution < 1.29 is 4.74 Å². The standard InChI is InChI=1S/C12H19ClN4O/c1-11(2)7(12(11,3)4)6-14-9-15-8(13)16-10(17-9)18-5/h7H,6H2,1-5H3,(H,14,15,16,17). The molecule has 1 aliphatic carbocycles. The van der Waals surface area contributed by atoms with E-state index >= 15 is 0 Å². The smallest absolute Gasteiger partial charge is 0.322 e. The Bertz CT molecular complexity index is 447. The van der Waals surface area contributed by atoms with Crippen LogP contribution in [0.4, 0.5) is 5.95 Å². The number of anilines is 1. The van der Waals surface area contributed by atoms with Crippen molar-refractivity contribution in [2.75, 3.05) is 19.0 Å². The number of ether oxygens (including phenoxy) is 1. The van der Waals surface area contributed by atoms with E-state index in [1.807, 2.05) is 0 Å². The predicted octanol–water partition coefficient (Wildman–Crippen LogP) is 2.63. The Hall–Kier alpha value is -1.10. The lowest BCUT2D eigenvalue weighted by Crippen LogP contribution is -2.11. The lowest BCUT2D eigenvalue weighted by Gasteiger charge is -2.07. The van der Waals surface area contributed by atoms with Gasteiger partial charge in [-0.05, 0) is 28.3 Å². The van der Waals surface area contributed by atoms with Gasteiger partial charge in [-0.3, -0.25) is 0 Å². The van der Waals surface area contributed by atoms with E-state index in [1.54, 1.807) is 0 Å². The van der Waals surface area contributed by atoms with Gasteiger partial charge >= 0.3 is 6.01 Å². The van der Waals surface area contributed by atoms with Crippen LogP contribution >= 0.6 is 11.6 Å². The molecule has 1 N–H and O–H groups in total. The number of hydrogen-bond donors (Lipinski definition) is 1. The van der Waals surface area contributed by atoms with Gasteiger partial charge in [0.1, 0.15) is 0 Å². The van der Waals surface area contributed by atoms with Crippen LogP contribution in [-0.4, -0.2) is 28.6 Å². The first-order valence-electron chi connectivity index (χ1n) is 5.98. The highest BCUT2D eigenvalue weighted by Crippen LogP contribution is 2.68. The van der Waals surface area contributed by atoms with Gasteiger partial charge in [0.05, 0.1) is 7.11 Å². The third-order valence-electron chi connectivity index (χ3n) is 4.55. The summed E-state index contributed by atoms with van der Waals surface area (Å²) in [6, 6.07) is 0.229. The van der Waals surface area contributed by atoms with E-state index in [0.29, 0.717) is 22.7 Å². The number of rotatable bonds is 4. The van der Waals surface area contributed by atoms with E-state index in [4.69, 9.17) is 16.3 Å². The van der Waals surface area contributed by atoms with E-state index in [0.717, 1.165) is 6.54 Å². The first kappa shape index (κ1) is 13.3. The van der Waals surface area contributed by atoms with E-state index in [1.165, 1.54) is 7.11 Å². The maximum atomic E-state index is 5.79. The van der Waals surface area contributed by atoms with Gasteiger partial charge < -0.3 is 10.1 Å². The maximum Gasteiger partial charge on any atom is 0.322 e.